The maximum atomic E-state index is 14.1. The van der Waals surface area contributed by atoms with E-state index in [-0.39, 0.29) is 119 Å². The number of carbonyl (C=O) groups excluding carboxylic acids is 3. The molecule has 4 aromatic carbocycles. The molecule has 9 rings (SSSR count). The van der Waals surface area contributed by atoms with Crippen LogP contribution in [0.3, 0.4) is 0 Å². The molecule has 25 heteroatoms. The van der Waals surface area contributed by atoms with Gasteiger partial charge in [-0.05, 0) is 96.3 Å². The Morgan fingerprint density at radius 1 is 0.667 bits per heavy atom. The number of benzene rings is 4. The molecule has 69 heavy (non-hydrogen) atoms. The van der Waals surface area contributed by atoms with E-state index in [1.54, 1.807) is 55.1 Å². The number of hydrogen-bond acceptors (Lipinski definition) is 10. The van der Waals surface area contributed by atoms with Crippen LogP contribution in [0.25, 0.3) is 0 Å². The van der Waals surface area contributed by atoms with E-state index in [4.69, 9.17) is 46.4 Å². The predicted octanol–water partition coefficient (Wildman–Crippen LogP) is 6.32. The fourth-order valence-electron chi connectivity index (χ4n) is 8.54. The van der Waals surface area contributed by atoms with Crippen LogP contribution in [0.2, 0.25) is 20.1 Å². The van der Waals surface area contributed by atoms with Crippen LogP contribution in [-0.4, -0.2) is 104 Å². The summed E-state index contributed by atoms with van der Waals surface area (Å²) in [6.07, 6.45) is 3.02. The van der Waals surface area contributed by atoms with Crippen molar-refractivity contribution >= 4 is 163 Å². The molecule has 3 amide bonds. The van der Waals surface area contributed by atoms with Crippen molar-refractivity contribution in [3.8, 4) is 0 Å². The number of nitrogens with zero attached hydrogens (tertiary/aromatic N) is 8. The first kappa shape index (κ1) is 55.3. The van der Waals surface area contributed by atoms with Crippen molar-refractivity contribution in [2.45, 2.75) is 54.7 Å². The number of halogens is 7. The summed E-state index contributed by atoms with van der Waals surface area (Å²) in [5.74, 6) is -0.426. The summed E-state index contributed by atoms with van der Waals surface area (Å²) < 4.78 is 57.6. The van der Waals surface area contributed by atoms with Crippen LogP contribution in [-0.2, 0) is 67.4 Å². The van der Waals surface area contributed by atoms with Gasteiger partial charge < -0.3 is 34.9 Å². The maximum absolute atomic E-state index is 14.1. The summed E-state index contributed by atoms with van der Waals surface area (Å²) in [4.78, 5) is 52.4. The van der Waals surface area contributed by atoms with Crippen molar-refractivity contribution in [3.63, 3.8) is 0 Å². The van der Waals surface area contributed by atoms with Gasteiger partial charge in [0.15, 0.2) is 5.03 Å². The Hall–Kier alpha value is -3.06. The third-order valence-electron chi connectivity index (χ3n) is 11.7. The molecule has 358 valence electrons. The summed E-state index contributed by atoms with van der Waals surface area (Å²) in [5.41, 5.74) is -0.00696. The zero-order valence-corrected chi connectivity index (χ0v) is 47.4. The topological polar surface area (TPSA) is 168 Å². The minimum Gasteiger partial charge on any atom is -1.00 e. The third kappa shape index (κ3) is 10.7. The molecule has 2 aromatic heterocycles. The van der Waals surface area contributed by atoms with Crippen molar-refractivity contribution in [3.05, 3.63) is 137 Å². The first-order chi connectivity index (χ1) is 31.6. The molecule has 2 atom stereocenters. The molecule has 3 aliphatic rings. The van der Waals surface area contributed by atoms with Crippen LogP contribution in [0.1, 0.15) is 31.9 Å². The second-order valence-electron chi connectivity index (χ2n) is 16.3. The van der Waals surface area contributed by atoms with Crippen molar-refractivity contribution in [2.24, 2.45) is 0 Å². The van der Waals surface area contributed by atoms with E-state index in [2.05, 4.69) is 41.8 Å². The molecule has 1 fully saturated rings. The Bertz CT molecular complexity index is 3130. The SMILES string of the molecule is CC(=O)N1CCN(S(=O)(=O)c2cnc3n2[C@](C)(Cc2ccc(Br)cc2)C(=O)N3c2cc(Cl)cc(Cl)c2)CC1.C[C@@]1(Cc2ccc(Br)cc2)C(=O)N(c2cc(Cl)cc(Cl)c2)c2ncc([S-](=O)=O)n21.[Br-].[Mg+2]. The molecule has 1 saturated heterocycles. The van der Waals surface area contributed by atoms with E-state index in [1.165, 1.54) is 42.6 Å². The van der Waals surface area contributed by atoms with E-state index in [0.717, 1.165) is 20.1 Å². The number of piperazine rings is 1. The summed E-state index contributed by atoms with van der Waals surface area (Å²) in [6, 6.07) is 24.5. The number of hydrogen-bond donors (Lipinski definition) is 0. The number of anilines is 4. The van der Waals surface area contributed by atoms with Gasteiger partial charge >= 0.3 is 23.1 Å². The Kier molecular flexibility index (Phi) is 17.3. The van der Waals surface area contributed by atoms with Gasteiger partial charge in [-0.3, -0.25) is 19.0 Å². The monoisotopic (exact) mass is 1250 g/mol. The second kappa shape index (κ2) is 21.6. The zero-order chi connectivity index (χ0) is 48.3. The molecule has 3 aliphatic heterocycles. The first-order valence-electron chi connectivity index (χ1n) is 20.2. The molecule has 0 aliphatic carbocycles. The maximum Gasteiger partial charge on any atom is 2.00 e. The number of aromatic nitrogens is 4. The third-order valence-corrected chi connectivity index (χ3v) is 16.2. The first-order valence-corrected chi connectivity index (χ1v) is 25.9. The van der Waals surface area contributed by atoms with Crippen LogP contribution in [0.5, 0.6) is 0 Å². The average Bonchev–Trinajstić information content (AvgIpc) is 4.00. The van der Waals surface area contributed by atoms with E-state index >= 15 is 0 Å². The largest absolute Gasteiger partial charge is 2.00 e. The van der Waals surface area contributed by atoms with Crippen LogP contribution >= 0.6 is 78.3 Å². The molecular weight excluding hydrogens is 1220 g/mol. The number of carbonyl (C=O) groups is 3. The van der Waals surface area contributed by atoms with Gasteiger partial charge in [-0.2, -0.15) is 4.31 Å². The molecule has 15 nitrogen and oxygen atoms in total. The molecule has 0 radical (unpaired) electrons. The van der Waals surface area contributed by atoms with E-state index in [9.17, 15) is 31.2 Å². The Balaban J connectivity index is 0.000000228. The van der Waals surface area contributed by atoms with Crippen LogP contribution < -0.4 is 26.8 Å². The zero-order valence-electron chi connectivity index (χ0n) is 36.6. The summed E-state index contributed by atoms with van der Waals surface area (Å²) in [7, 11) is -6.62. The number of fused-ring (bicyclic) bond motifs is 2. The Morgan fingerprint density at radius 2 is 1.06 bits per heavy atom. The normalized spacial score (nSPS) is 18.9. The van der Waals surface area contributed by atoms with Gasteiger partial charge in [-0.1, -0.05) is 103 Å². The average molecular weight is 1260 g/mol. The smallest absolute Gasteiger partial charge is 1.00 e. The molecular formula is C44H37Br3Cl4MgN8O7S2. The molecule has 0 unspecified atom stereocenters. The van der Waals surface area contributed by atoms with Gasteiger partial charge in [0.1, 0.15) is 11.1 Å². The van der Waals surface area contributed by atoms with Crippen LogP contribution in [0.4, 0.5) is 23.3 Å². The van der Waals surface area contributed by atoms with Gasteiger partial charge in [0, 0.05) is 86.2 Å². The number of amides is 3. The fourth-order valence-corrected chi connectivity index (χ4v) is 12.3. The van der Waals surface area contributed by atoms with Crippen LogP contribution in [0, 0.1) is 0 Å². The number of imidazole rings is 2. The van der Waals surface area contributed by atoms with Gasteiger partial charge in [0.25, 0.3) is 21.8 Å². The molecule has 0 saturated carbocycles. The molecule has 0 spiro atoms. The van der Waals surface area contributed by atoms with E-state index in [0.29, 0.717) is 31.5 Å². The van der Waals surface area contributed by atoms with Crippen LogP contribution in [0.15, 0.2) is 116 Å². The van der Waals surface area contributed by atoms with Gasteiger partial charge in [0.05, 0.1) is 17.6 Å². The van der Waals surface area contributed by atoms with Gasteiger partial charge in [-0.25, -0.2) is 28.2 Å². The molecule has 5 heterocycles. The van der Waals surface area contributed by atoms with Crippen molar-refractivity contribution in [1.29, 1.82) is 0 Å². The van der Waals surface area contributed by atoms with E-state index < -0.39 is 31.8 Å². The quantitative estimate of drug-likeness (QED) is 0.119. The number of sulfonamides is 1. The summed E-state index contributed by atoms with van der Waals surface area (Å²) >= 11 is 31.6. The number of rotatable bonds is 9. The minimum absolute atomic E-state index is 0. The van der Waals surface area contributed by atoms with Crippen molar-refractivity contribution in [1.82, 2.24) is 28.3 Å². The van der Waals surface area contributed by atoms with Gasteiger partial charge in [0.2, 0.25) is 17.8 Å². The Labute approximate surface area is 463 Å². The molecule has 0 N–H and O–H groups in total. The molecule has 0 bridgehead atoms. The fraction of sp³-hybridized carbons (Fsp3) is 0.250. The van der Waals surface area contributed by atoms with Crippen molar-refractivity contribution < 1.29 is 48.2 Å². The van der Waals surface area contributed by atoms with E-state index in [1.807, 2.05) is 48.5 Å². The standard InChI is InChI=1S/C25H24BrCl2N5O4S.C19H13BrCl2N3O3S.BrH.Mg/c1-16(34)30-7-9-31(10-8-30)38(36,37)22-15-29-24-32(21-12-19(27)11-20(28)13-21)23(35)25(2,33(22)24)14-17-3-5-18(26)6-4-17;1-19(9-11-2-4-12(20)5-3-11)17(26)24(15-7-13(21)6-14(22)8-15)18-23-10-16(25(18)19)29(27)28;;/h3-6,11-13,15H,7-10,14H2,1-2H3;2-8,10H,9H2,1H3;1H;/q;-1;;+2/p-1/t25-;19-;;/m11../s1. The Morgan fingerprint density at radius 3 is 1.46 bits per heavy atom. The summed E-state index contributed by atoms with van der Waals surface area (Å²) in [5, 5.41) is 1.21. The van der Waals surface area contributed by atoms with Gasteiger partial charge in [-0.15, -0.1) is 0 Å². The second-order valence-corrected chi connectivity index (χ2v) is 22.6. The molecule has 6 aromatic rings. The predicted molar refractivity (Wildman–Crippen MR) is 268 cm³/mol. The van der Waals surface area contributed by atoms with Crippen molar-refractivity contribution in [2.75, 3.05) is 36.0 Å². The summed E-state index contributed by atoms with van der Waals surface area (Å²) in [6.45, 7) is 5.74. The minimum atomic E-state index is -4.05.